The summed E-state index contributed by atoms with van der Waals surface area (Å²) in [7, 11) is 0. The van der Waals surface area contributed by atoms with Crippen LogP contribution in [0.3, 0.4) is 0 Å². The molecule has 1 aromatic heterocycles. The predicted octanol–water partition coefficient (Wildman–Crippen LogP) is 1.54. The van der Waals surface area contributed by atoms with Gasteiger partial charge in [-0.2, -0.15) is 0 Å². The highest BCUT2D eigenvalue weighted by Gasteiger charge is 2.32. The zero-order valence-electron chi connectivity index (χ0n) is 11.8. The van der Waals surface area contributed by atoms with Gasteiger partial charge in [0.15, 0.2) is 10.7 Å². The van der Waals surface area contributed by atoms with E-state index in [9.17, 15) is 9.59 Å². The molecule has 0 aliphatic carbocycles. The first-order chi connectivity index (χ1) is 10.1. The Balaban J connectivity index is 1.62. The van der Waals surface area contributed by atoms with Gasteiger partial charge in [-0.1, -0.05) is 6.42 Å². The third kappa shape index (κ3) is 3.08. The lowest BCUT2D eigenvalue weighted by molar-refractivity contribution is 0.0691. The van der Waals surface area contributed by atoms with Gasteiger partial charge in [0, 0.05) is 24.5 Å². The van der Waals surface area contributed by atoms with Crippen molar-refractivity contribution in [1.82, 2.24) is 14.8 Å². The van der Waals surface area contributed by atoms with E-state index in [0.29, 0.717) is 6.04 Å². The van der Waals surface area contributed by atoms with Crippen LogP contribution in [0, 0.1) is 0 Å². The van der Waals surface area contributed by atoms with Gasteiger partial charge in [-0.3, -0.25) is 9.69 Å². The lowest BCUT2D eigenvalue weighted by Gasteiger charge is -2.32. The molecule has 2 aliphatic heterocycles. The third-order valence-corrected chi connectivity index (χ3v) is 5.09. The second-order valence-corrected chi connectivity index (χ2v) is 6.49. The van der Waals surface area contributed by atoms with Gasteiger partial charge in [-0.25, -0.2) is 9.78 Å². The number of carbonyl (C=O) groups excluding carboxylic acids is 1. The quantitative estimate of drug-likeness (QED) is 0.917. The number of thiazole rings is 1. The molecule has 7 heteroatoms. The van der Waals surface area contributed by atoms with Crippen LogP contribution in [0.15, 0.2) is 5.38 Å². The number of carboxylic acid groups (broad SMARTS) is 1. The molecule has 2 fully saturated rings. The molecule has 1 unspecified atom stereocenters. The molecule has 0 spiro atoms. The van der Waals surface area contributed by atoms with Crippen LogP contribution in [0.2, 0.25) is 0 Å². The highest BCUT2D eigenvalue weighted by molar-refractivity contribution is 7.11. The monoisotopic (exact) mass is 309 g/mol. The summed E-state index contributed by atoms with van der Waals surface area (Å²) >= 11 is 1.11. The molecule has 0 bridgehead atoms. The minimum absolute atomic E-state index is 0.0462. The molecule has 0 radical (unpaired) electrons. The van der Waals surface area contributed by atoms with Crippen molar-refractivity contribution in [3.05, 3.63) is 16.1 Å². The average molecular weight is 309 g/mol. The lowest BCUT2D eigenvalue weighted by Crippen LogP contribution is -2.41. The summed E-state index contributed by atoms with van der Waals surface area (Å²) in [5.41, 5.74) is -0.0462. The Morgan fingerprint density at radius 1 is 1.24 bits per heavy atom. The Kier molecular flexibility index (Phi) is 4.21. The number of likely N-dealkylation sites (tertiary alicyclic amines) is 2. The van der Waals surface area contributed by atoms with E-state index in [4.69, 9.17) is 5.11 Å². The van der Waals surface area contributed by atoms with Crippen LogP contribution >= 0.6 is 11.3 Å². The summed E-state index contributed by atoms with van der Waals surface area (Å²) in [5, 5.41) is 10.6. The van der Waals surface area contributed by atoms with Gasteiger partial charge in [0.05, 0.1) is 0 Å². The zero-order valence-corrected chi connectivity index (χ0v) is 12.6. The van der Waals surface area contributed by atoms with E-state index < -0.39 is 5.97 Å². The van der Waals surface area contributed by atoms with Gasteiger partial charge < -0.3 is 10.0 Å². The Labute approximate surface area is 127 Å². The van der Waals surface area contributed by atoms with Crippen molar-refractivity contribution in [1.29, 1.82) is 0 Å². The molecule has 1 aromatic rings. The minimum atomic E-state index is -1.09. The number of hydrogen-bond donors (Lipinski definition) is 1. The number of rotatable bonds is 3. The fourth-order valence-corrected chi connectivity index (χ4v) is 3.87. The zero-order chi connectivity index (χ0) is 14.8. The maximum Gasteiger partial charge on any atom is 0.355 e. The maximum atomic E-state index is 12.4. The minimum Gasteiger partial charge on any atom is -0.476 e. The molecule has 1 N–H and O–H groups in total. The number of hydrogen-bond acceptors (Lipinski definition) is 5. The third-order valence-electron chi connectivity index (χ3n) is 4.26. The van der Waals surface area contributed by atoms with Crippen LogP contribution in [0.5, 0.6) is 0 Å². The van der Waals surface area contributed by atoms with E-state index in [2.05, 4.69) is 9.88 Å². The van der Waals surface area contributed by atoms with Crippen molar-refractivity contribution in [2.45, 2.75) is 31.7 Å². The number of aromatic carboxylic acids is 1. The Bertz CT molecular complexity index is 539. The molecule has 114 valence electrons. The Morgan fingerprint density at radius 3 is 2.67 bits per heavy atom. The van der Waals surface area contributed by atoms with Crippen LogP contribution < -0.4 is 0 Å². The van der Waals surface area contributed by atoms with Gasteiger partial charge in [-0.15, -0.1) is 11.3 Å². The molecule has 0 aromatic carbocycles. The Hall–Kier alpha value is -1.47. The number of piperidine rings is 1. The van der Waals surface area contributed by atoms with Gasteiger partial charge in [0.1, 0.15) is 0 Å². The van der Waals surface area contributed by atoms with Gasteiger partial charge in [0.2, 0.25) is 0 Å². The molecule has 2 saturated heterocycles. The summed E-state index contributed by atoms with van der Waals surface area (Å²) < 4.78 is 0. The summed E-state index contributed by atoms with van der Waals surface area (Å²) in [4.78, 5) is 31.4. The van der Waals surface area contributed by atoms with Gasteiger partial charge >= 0.3 is 5.97 Å². The lowest BCUT2D eigenvalue weighted by atomic mass is 10.1. The number of carboxylic acids is 1. The molecule has 6 nitrogen and oxygen atoms in total. The van der Waals surface area contributed by atoms with E-state index in [-0.39, 0.29) is 16.6 Å². The van der Waals surface area contributed by atoms with Crippen molar-refractivity contribution >= 4 is 23.2 Å². The van der Waals surface area contributed by atoms with E-state index in [1.807, 2.05) is 4.90 Å². The maximum absolute atomic E-state index is 12.4. The average Bonchev–Trinajstić information content (AvgIpc) is 3.17. The number of carbonyl (C=O) groups is 2. The van der Waals surface area contributed by atoms with Crippen LogP contribution in [0.4, 0.5) is 0 Å². The Morgan fingerprint density at radius 2 is 2.00 bits per heavy atom. The van der Waals surface area contributed by atoms with Crippen molar-refractivity contribution in [3.63, 3.8) is 0 Å². The molecular weight excluding hydrogens is 290 g/mol. The molecule has 3 rings (SSSR count). The smallest absolute Gasteiger partial charge is 0.355 e. The van der Waals surface area contributed by atoms with Crippen LogP contribution in [0.1, 0.15) is 46.0 Å². The van der Waals surface area contributed by atoms with Gasteiger partial charge in [-0.05, 0) is 32.4 Å². The summed E-state index contributed by atoms with van der Waals surface area (Å²) in [6.07, 6.45) is 4.81. The fraction of sp³-hybridized carbons (Fsp3) is 0.643. The van der Waals surface area contributed by atoms with E-state index in [1.54, 1.807) is 0 Å². The largest absolute Gasteiger partial charge is 0.476 e. The van der Waals surface area contributed by atoms with E-state index in [0.717, 1.165) is 43.9 Å². The second-order valence-electron chi connectivity index (χ2n) is 5.63. The van der Waals surface area contributed by atoms with Crippen molar-refractivity contribution < 1.29 is 14.7 Å². The first-order valence-electron chi connectivity index (χ1n) is 7.37. The first kappa shape index (κ1) is 14.5. The number of amides is 1. The second kappa shape index (κ2) is 6.11. The van der Waals surface area contributed by atoms with Crippen LogP contribution in [-0.2, 0) is 0 Å². The molecule has 2 aliphatic rings. The highest BCUT2D eigenvalue weighted by atomic mass is 32.1. The van der Waals surface area contributed by atoms with Crippen molar-refractivity contribution in [2.24, 2.45) is 0 Å². The molecular formula is C14H19N3O3S. The topological polar surface area (TPSA) is 73.7 Å². The molecule has 21 heavy (non-hydrogen) atoms. The molecule has 1 amide bonds. The van der Waals surface area contributed by atoms with Crippen LogP contribution in [0.25, 0.3) is 0 Å². The van der Waals surface area contributed by atoms with E-state index in [1.165, 1.54) is 24.6 Å². The highest BCUT2D eigenvalue weighted by Crippen LogP contribution is 2.22. The molecule has 1 atom stereocenters. The standard InChI is InChI=1S/C14H19N3O3S/c18-13(12-15-11(9-21-12)14(19)20)17-7-4-10(8-17)16-5-2-1-3-6-16/h9-10H,1-8H2,(H,19,20). The normalized spacial score (nSPS) is 23.4. The summed E-state index contributed by atoms with van der Waals surface area (Å²) in [6, 6.07) is 0.452. The van der Waals surface area contributed by atoms with Gasteiger partial charge in [0.25, 0.3) is 5.91 Å². The van der Waals surface area contributed by atoms with Crippen LogP contribution in [-0.4, -0.2) is 64.0 Å². The first-order valence-corrected chi connectivity index (χ1v) is 8.25. The van der Waals surface area contributed by atoms with Crippen molar-refractivity contribution in [3.8, 4) is 0 Å². The number of nitrogens with zero attached hydrogens (tertiary/aromatic N) is 3. The van der Waals surface area contributed by atoms with Crippen molar-refractivity contribution in [2.75, 3.05) is 26.2 Å². The summed E-state index contributed by atoms with van der Waals surface area (Å²) in [6.45, 7) is 3.74. The SMILES string of the molecule is O=C(O)c1csc(C(=O)N2CCC(N3CCCCC3)C2)n1. The molecule has 3 heterocycles. The fourth-order valence-electron chi connectivity index (χ4n) is 3.11. The summed E-state index contributed by atoms with van der Waals surface area (Å²) in [5.74, 6) is -1.22. The van der Waals surface area contributed by atoms with E-state index >= 15 is 0 Å². The molecule has 0 saturated carbocycles. The number of aromatic nitrogens is 1. The predicted molar refractivity (Wildman–Crippen MR) is 78.8 cm³/mol.